The van der Waals surface area contributed by atoms with Crippen LogP contribution in [0.4, 0.5) is 4.39 Å². The van der Waals surface area contributed by atoms with Crippen LogP contribution in [0.1, 0.15) is 44.7 Å². The van der Waals surface area contributed by atoms with E-state index in [4.69, 9.17) is 4.74 Å². The third-order valence-electron chi connectivity index (χ3n) is 3.59. The molecule has 1 aliphatic carbocycles. The Morgan fingerprint density at radius 3 is 2.78 bits per heavy atom. The maximum absolute atomic E-state index is 13.2. The summed E-state index contributed by atoms with van der Waals surface area (Å²) in [6.45, 7) is 4.95. The Labute approximate surface area is 109 Å². The largest absolute Gasteiger partial charge is 0.378 e. The summed E-state index contributed by atoms with van der Waals surface area (Å²) in [6.07, 6.45) is 3.52. The van der Waals surface area contributed by atoms with Gasteiger partial charge in [-0.1, -0.05) is 19.1 Å². The Morgan fingerprint density at radius 1 is 1.39 bits per heavy atom. The number of benzene rings is 1. The van der Waals surface area contributed by atoms with E-state index in [0.29, 0.717) is 12.1 Å². The van der Waals surface area contributed by atoms with Gasteiger partial charge in [-0.05, 0) is 43.9 Å². The second kappa shape index (κ2) is 6.30. The number of ether oxygens (including phenoxy) is 1. The van der Waals surface area contributed by atoms with Gasteiger partial charge >= 0.3 is 0 Å². The van der Waals surface area contributed by atoms with E-state index in [1.54, 1.807) is 12.1 Å². The van der Waals surface area contributed by atoms with Gasteiger partial charge < -0.3 is 10.1 Å². The molecule has 0 spiro atoms. The first-order valence-corrected chi connectivity index (χ1v) is 6.86. The van der Waals surface area contributed by atoms with Gasteiger partial charge in [0.25, 0.3) is 0 Å². The fourth-order valence-electron chi connectivity index (χ4n) is 2.53. The Kier molecular flexibility index (Phi) is 4.72. The molecule has 18 heavy (non-hydrogen) atoms. The minimum absolute atomic E-state index is 0.159. The average molecular weight is 251 g/mol. The molecule has 0 heterocycles. The molecular weight excluding hydrogens is 229 g/mol. The van der Waals surface area contributed by atoms with Crippen molar-refractivity contribution in [2.24, 2.45) is 0 Å². The van der Waals surface area contributed by atoms with Crippen molar-refractivity contribution in [1.29, 1.82) is 0 Å². The highest BCUT2D eigenvalue weighted by molar-refractivity contribution is 5.20. The van der Waals surface area contributed by atoms with E-state index in [-0.39, 0.29) is 11.9 Å². The van der Waals surface area contributed by atoms with Gasteiger partial charge in [-0.25, -0.2) is 4.39 Å². The lowest BCUT2D eigenvalue weighted by atomic mass is 9.87. The fraction of sp³-hybridized carbons (Fsp3) is 0.600. The van der Waals surface area contributed by atoms with Crippen molar-refractivity contribution in [3.63, 3.8) is 0 Å². The van der Waals surface area contributed by atoms with E-state index < -0.39 is 0 Å². The highest BCUT2D eigenvalue weighted by atomic mass is 19.1. The lowest BCUT2D eigenvalue weighted by Gasteiger charge is -2.38. The van der Waals surface area contributed by atoms with Crippen LogP contribution >= 0.6 is 0 Å². The third-order valence-corrected chi connectivity index (χ3v) is 3.59. The fourth-order valence-corrected chi connectivity index (χ4v) is 2.53. The van der Waals surface area contributed by atoms with Crippen LogP contribution in [0, 0.1) is 5.82 Å². The van der Waals surface area contributed by atoms with Crippen molar-refractivity contribution in [1.82, 2.24) is 5.32 Å². The first-order valence-electron chi connectivity index (χ1n) is 6.86. The molecule has 1 unspecified atom stereocenters. The molecule has 3 heteroatoms. The third kappa shape index (κ3) is 3.30. The molecule has 0 amide bonds. The standard InChI is InChI=1S/C15H22FNO/c1-3-15(11-6-5-7-12(16)8-11)17-13-9-14(10-13)18-4-2/h5-8,13-15,17H,3-4,9-10H2,1-2H3. The molecule has 2 nitrogen and oxygen atoms in total. The molecular formula is C15H22FNO. The molecule has 1 atom stereocenters. The molecule has 0 aliphatic heterocycles. The van der Waals surface area contributed by atoms with Crippen molar-refractivity contribution >= 4 is 0 Å². The van der Waals surface area contributed by atoms with Gasteiger partial charge in [0.1, 0.15) is 5.82 Å². The van der Waals surface area contributed by atoms with Crippen LogP contribution in [0.2, 0.25) is 0 Å². The summed E-state index contributed by atoms with van der Waals surface area (Å²) in [5.74, 6) is -0.159. The van der Waals surface area contributed by atoms with Crippen molar-refractivity contribution in [2.75, 3.05) is 6.61 Å². The molecule has 100 valence electrons. The number of rotatable bonds is 6. The van der Waals surface area contributed by atoms with Crippen molar-refractivity contribution in [3.05, 3.63) is 35.6 Å². The van der Waals surface area contributed by atoms with E-state index in [0.717, 1.165) is 31.4 Å². The minimum Gasteiger partial charge on any atom is -0.378 e. The first-order chi connectivity index (χ1) is 8.72. The number of hydrogen-bond donors (Lipinski definition) is 1. The van der Waals surface area contributed by atoms with Gasteiger partial charge in [-0.2, -0.15) is 0 Å². The first kappa shape index (κ1) is 13.5. The predicted molar refractivity (Wildman–Crippen MR) is 71.0 cm³/mol. The van der Waals surface area contributed by atoms with Gasteiger partial charge in [0.2, 0.25) is 0 Å². The van der Waals surface area contributed by atoms with Crippen molar-refractivity contribution in [2.45, 2.75) is 51.3 Å². The van der Waals surface area contributed by atoms with Crippen LogP contribution in [0.15, 0.2) is 24.3 Å². The van der Waals surface area contributed by atoms with Crippen LogP contribution in [0.5, 0.6) is 0 Å². The van der Waals surface area contributed by atoms with Gasteiger partial charge in [0.05, 0.1) is 6.10 Å². The molecule has 1 aromatic carbocycles. The Morgan fingerprint density at radius 2 is 2.17 bits per heavy atom. The van der Waals surface area contributed by atoms with Crippen LogP contribution in [0.25, 0.3) is 0 Å². The summed E-state index contributed by atoms with van der Waals surface area (Å²) in [7, 11) is 0. The summed E-state index contributed by atoms with van der Waals surface area (Å²) < 4.78 is 18.8. The zero-order valence-electron chi connectivity index (χ0n) is 11.2. The Balaban J connectivity index is 1.87. The van der Waals surface area contributed by atoms with E-state index in [9.17, 15) is 4.39 Å². The van der Waals surface area contributed by atoms with Gasteiger partial charge in [0, 0.05) is 18.7 Å². The van der Waals surface area contributed by atoms with E-state index in [1.807, 2.05) is 13.0 Å². The lowest BCUT2D eigenvalue weighted by Crippen LogP contribution is -2.46. The van der Waals surface area contributed by atoms with Crippen LogP contribution in [-0.4, -0.2) is 18.8 Å². The van der Waals surface area contributed by atoms with E-state index in [2.05, 4.69) is 12.2 Å². The Hall–Kier alpha value is -0.930. The summed E-state index contributed by atoms with van der Waals surface area (Å²) in [5.41, 5.74) is 1.04. The molecule has 0 aromatic heterocycles. The zero-order valence-corrected chi connectivity index (χ0v) is 11.2. The maximum Gasteiger partial charge on any atom is 0.123 e. The number of hydrogen-bond acceptors (Lipinski definition) is 2. The highest BCUT2D eigenvalue weighted by Gasteiger charge is 2.30. The predicted octanol–water partition coefficient (Wildman–Crippen LogP) is 3.43. The molecule has 2 rings (SSSR count). The average Bonchev–Trinajstić information content (AvgIpc) is 2.32. The number of nitrogens with one attached hydrogen (secondary N) is 1. The molecule has 1 N–H and O–H groups in total. The smallest absolute Gasteiger partial charge is 0.123 e. The van der Waals surface area contributed by atoms with Crippen molar-refractivity contribution in [3.8, 4) is 0 Å². The zero-order chi connectivity index (χ0) is 13.0. The van der Waals surface area contributed by atoms with Crippen LogP contribution < -0.4 is 5.32 Å². The maximum atomic E-state index is 13.2. The SMILES string of the molecule is CCOC1CC(NC(CC)c2cccc(F)c2)C1. The molecule has 0 radical (unpaired) electrons. The monoisotopic (exact) mass is 251 g/mol. The van der Waals surface area contributed by atoms with Crippen LogP contribution in [-0.2, 0) is 4.74 Å². The second-order valence-corrected chi connectivity index (χ2v) is 4.93. The van der Waals surface area contributed by atoms with E-state index >= 15 is 0 Å². The molecule has 0 bridgehead atoms. The number of halogens is 1. The summed E-state index contributed by atoms with van der Waals surface area (Å²) in [4.78, 5) is 0. The van der Waals surface area contributed by atoms with E-state index in [1.165, 1.54) is 6.07 Å². The summed E-state index contributed by atoms with van der Waals surface area (Å²) in [5, 5.41) is 3.59. The van der Waals surface area contributed by atoms with Crippen LogP contribution in [0.3, 0.4) is 0 Å². The highest BCUT2D eigenvalue weighted by Crippen LogP contribution is 2.27. The minimum atomic E-state index is -0.159. The second-order valence-electron chi connectivity index (χ2n) is 4.93. The molecule has 1 saturated carbocycles. The molecule has 0 saturated heterocycles. The normalized spacial score (nSPS) is 24.6. The molecule has 1 fully saturated rings. The quantitative estimate of drug-likeness (QED) is 0.836. The topological polar surface area (TPSA) is 21.3 Å². The molecule has 1 aliphatic rings. The lowest BCUT2D eigenvalue weighted by molar-refractivity contribution is -0.0126. The van der Waals surface area contributed by atoms with Gasteiger partial charge in [-0.3, -0.25) is 0 Å². The summed E-state index contributed by atoms with van der Waals surface area (Å²) >= 11 is 0. The van der Waals surface area contributed by atoms with Gasteiger partial charge in [-0.15, -0.1) is 0 Å². The Bertz CT molecular complexity index is 377. The van der Waals surface area contributed by atoms with Gasteiger partial charge in [0.15, 0.2) is 0 Å². The summed E-state index contributed by atoms with van der Waals surface area (Å²) in [6, 6.07) is 7.63. The molecule has 1 aromatic rings. The van der Waals surface area contributed by atoms with Crippen molar-refractivity contribution < 1.29 is 9.13 Å².